The zero-order chi connectivity index (χ0) is 27.6. The molecule has 0 aliphatic heterocycles. The number of nitriles is 1. The van der Waals surface area contributed by atoms with Crippen molar-refractivity contribution in [2.45, 2.75) is 22.7 Å². The van der Waals surface area contributed by atoms with E-state index in [1.807, 2.05) is 41.8 Å². The summed E-state index contributed by atoms with van der Waals surface area (Å²) < 4.78 is 41.0. The van der Waals surface area contributed by atoms with Crippen LogP contribution in [0.25, 0.3) is 20.3 Å². The largest absolute Gasteiger partial charge is 0.300 e. The van der Waals surface area contributed by atoms with Gasteiger partial charge >= 0.3 is 0 Å². The molecule has 0 saturated carbocycles. The van der Waals surface area contributed by atoms with Gasteiger partial charge in [-0.1, -0.05) is 30.0 Å². The van der Waals surface area contributed by atoms with E-state index in [1.165, 1.54) is 35.2 Å². The monoisotopic (exact) mass is 594 g/mol. The molecule has 196 valence electrons. The second-order valence-corrected chi connectivity index (χ2v) is 13.0. The van der Waals surface area contributed by atoms with E-state index in [-0.39, 0.29) is 10.5 Å². The van der Waals surface area contributed by atoms with Crippen LogP contribution < -0.4 is 10.3 Å². The van der Waals surface area contributed by atoms with Crippen LogP contribution in [0.4, 0.5) is 10.1 Å². The number of aromatic nitrogens is 2. The van der Waals surface area contributed by atoms with Gasteiger partial charge in [-0.15, -0.1) is 22.7 Å². The molecular formula is C27H19FN4O3S4. The summed E-state index contributed by atoms with van der Waals surface area (Å²) in [4.78, 5) is 22.8. The Morgan fingerprint density at radius 3 is 2.54 bits per heavy atom. The maximum absolute atomic E-state index is 13.2. The third kappa shape index (κ3) is 5.97. The first-order valence-electron chi connectivity index (χ1n) is 11.4. The fourth-order valence-corrected chi connectivity index (χ4v) is 7.49. The molecule has 3 aromatic heterocycles. The molecule has 0 saturated heterocycles. The number of halogens is 1. The number of nitrogens with zero attached hydrogens (tertiary/aromatic N) is 2. The minimum absolute atomic E-state index is 0.0347. The fourth-order valence-electron chi connectivity index (χ4n) is 3.72. The van der Waals surface area contributed by atoms with E-state index in [4.69, 9.17) is 0 Å². The van der Waals surface area contributed by atoms with Gasteiger partial charge in [0.25, 0.3) is 15.6 Å². The highest BCUT2D eigenvalue weighted by Gasteiger charge is 2.18. The molecule has 3 heterocycles. The molecule has 7 nitrogen and oxygen atoms in total. The molecule has 0 bridgehead atoms. The molecular weight excluding hydrogens is 576 g/mol. The molecule has 12 heteroatoms. The number of nitrogens with one attached hydrogen (secondary N) is 2. The van der Waals surface area contributed by atoms with E-state index in [1.54, 1.807) is 30.4 Å². The van der Waals surface area contributed by atoms with Crippen LogP contribution in [0.5, 0.6) is 0 Å². The van der Waals surface area contributed by atoms with Crippen LogP contribution in [0.2, 0.25) is 0 Å². The maximum atomic E-state index is 13.2. The summed E-state index contributed by atoms with van der Waals surface area (Å²) in [7, 11) is -3.87. The quantitative estimate of drug-likeness (QED) is 0.154. The first-order valence-corrected chi connectivity index (χ1v) is 15.6. The fraction of sp³-hybridized carbons (Fsp3) is 0.0741. The van der Waals surface area contributed by atoms with E-state index >= 15 is 0 Å². The number of thiophene rings is 2. The van der Waals surface area contributed by atoms with Crippen molar-refractivity contribution in [1.82, 2.24) is 9.97 Å². The number of aryl methyl sites for hydroxylation is 1. The van der Waals surface area contributed by atoms with Crippen molar-refractivity contribution in [3.8, 4) is 26.4 Å². The first kappa shape index (κ1) is 26.8. The Morgan fingerprint density at radius 1 is 1.08 bits per heavy atom. The van der Waals surface area contributed by atoms with Crippen molar-refractivity contribution in [2.24, 2.45) is 0 Å². The maximum Gasteiger partial charge on any atom is 0.270 e. The van der Waals surface area contributed by atoms with Crippen molar-refractivity contribution in [1.29, 1.82) is 5.26 Å². The minimum Gasteiger partial charge on any atom is -0.300 e. The van der Waals surface area contributed by atoms with Gasteiger partial charge in [0.1, 0.15) is 23.1 Å². The standard InChI is InChI=1S/C27H19FN4O3S4/c1-16-13-17(4-9-21(16)32-39(34,35)19-7-5-18(28)6-8-19)15-37-27-30-25(20(14-29)26(33)31-27)24-11-10-23(38-24)22-3-2-12-36-22/h2-13,32H,15H2,1H3,(H,30,31,33). The summed E-state index contributed by atoms with van der Waals surface area (Å²) in [5.41, 5.74) is 1.79. The van der Waals surface area contributed by atoms with Crippen LogP contribution in [-0.2, 0) is 15.8 Å². The molecule has 5 rings (SSSR count). The van der Waals surface area contributed by atoms with Gasteiger partial charge in [-0.3, -0.25) is 9.52 Å². The van der Waals surface area contributed by atoms with Crippen molar-refractivity contribution in [2.75, 3.05) is 4.72 Å². The van der Waals surface area contributed by atoms with Crippen LogP contribution in [0.1, 0.15) is 16.7 Å². The Bertz CT molecular complexity index is 1860. The Kier molecular flexibility index (Phi) is 7.67. The number of aromatic amines is 1. The lowest BCUT2D eigenvalue weighted by Crippen LogP contribution is -2.14. The third-order valence-electron chi connectivity index (χ3n) is 5.65. The zero-order valence-electron chi connectivity index (χ0n) is 20.3. The van der Waals surface area contributed by atoms with Crippen LogP contribution in [0.3, 0.4) is 0 Å². The van der Waals surface area contributed by atoms with Crippen molar-refractivity contribution >= 4 is 50.1 Å². The third-order valence-corrected chi connectivity index (χ3v) is 10.1. The minimum atomic E-state index is -3.87. The molecule has 0 amide bonds. The number of benzene rings is 2. The lowest BCUT2D eigenvalue weighted by Gasteiger charge is -2.12. The molecule has 0 fully saturated rings. The predicted molar refractivity (Wildman–Crippen MR) is 154 cm³/mol. The molecule has 5 aromatic rings. The Morgan fingerprint density at radius 2 is 1.85 bits per heavy atom. The highest BCUT2D eigenvalue weighted by atomic mass is 32.2. The lowest BCUT2D eigenvalue weighted by molar-refractivity contribution is 0.599. The Balaban J connectivity index is 1.34. The molecule has 39 heavy (non-hydrogen) atoms. The molecule has 0 radical (unpaired) electrons. The van der Waals surface area contributed by atoms with Gasteiger partial charge in [-0.25, -0.2) is 17.8 Å². The number of thioether (sulfide) groups is 1. The smallest absolute Gasteiger partial charge is 0.270 e. The number of sulfonamides is 1. The number of H-pyrrole nitrogens is 1. The van der Waals surface area contributed by atoms with Crippen LogP contribution >= 0.6 is 34.4 Å². The topological polar surface area (TPSA) is 116 Å². The summed E-state index contributed by atoms with van der Waals surface area (Å²) in [5.74, 6) is -0.0684. The molecule has 2 aromatic carbocycles. The number of anilines is 1. The summed E-state index contributed by atoms with van der Waals surface area (Å²) in [6.07, 6.45) is 0. The number of hydrogen-bond donors (Lipinski definition) is 2. The molecule has 0 aliphatic rings. The molecule has 0 aliphatic carbocycles. The second kappa shape index (κ2) is 11.2. The normalized spacial score (nSPS) is 11.3. The SMILES string of the molecule is Cc1cc(CSc2nc(-c3ccc(-c4cccs4)s3)c(C#N)c(=O)[nH]2)ccc1NS(=O)(=O)c1ccc(F)cc1. The summed E-state index contributed by atoms with van der Waals surface area (Å²) in [5, 5.41) is 12.0. The van der Waals surface area contributed by atoms with Gasteiger partial charge in [0.15, 0.2) is 5.16 Å². The van der Waals surface area contributed by atoms with Gasteiger partial charge < -0.3 is 4.98 Å². The van der Waals surface area contributed by atoms with E-state index in [9.17, 15) is 22.9 Å². The second-order valence-electron chi connectivity index (χ2n) is 8.35. The average Bonchev–Trinajstić information content (AvgIpc) is 3.61. The Hall–Kier alpha value is -3.76. The van der Waals surface area contributed by atoms with Gasteiger partial charge in [-0.2, -0.15) is 5.26 Å². The van der Waals surface area contributed by atoms with Crippen molar-refractivity contribution < 1.29 is 12.8 Å². The zero-order valence-corrected chi connectivity index (χ0v) is 23.5. The summed E-state index contributed by atoms with van der Waals surface area (Å²) in [6.45, 7) is 1.78. The van der Waals surface area contributed by atoms with E-state index in [2.05, 4.69) is 14.7 Å². The molecule has 0 spiro atoms. The number of rotatable bonds is 8. The molecule has 2 N–H and O–H groups in total. The molecule has 0 unspecified atom stereocenters. The van der Waals surface area contributed by atoms with Gasteiger partial charge in [0.05, 0.1) is 15.5 Å². The van der Waals surface area contributed by atoms with Crippen LogP contribution in [-0.4, -0.2) is 18.4 Å². The van der Waals surface area contributed by atoms with E-state index in [0.29, 0.717) is 27.9 Å². The van der Waals surface area contributed by atoms with Gasteiger partial charge in [0, 0.05) is 15.5 Å². The first-order chi connectivity index (χ1) is 18.7. The van der Waals surface area contributed by atoms with Crippen LogP contribution in [0, 0.1) is 24.1 Å². The van der Waals surface area contributed by atoms with Crippen LogP contribution in [0.15, 0.2) is 87.0 Å². The van der Waals surface area contributed by atoms with Crippen molar-refractivity contribution in [3.63, 3.8) is 0 Å². The Labute approximate surface area is 236 Å². The van der Waals surface area contributed by atoms with E-state index < -0.39 is 21.4 Å². The average molecular weight is 595 g/mol. The van der Waals surface area contributed by atoms with Gasteiger partial charge in [0.2, 0.25) is 0 Å². The lowest BCUT2D eigenvalue weighted by atomic mass is 10.1. The predicted octanol–water partition coefficient (Wildman–Crippen LogP) is 6.64. The van der Waals surface area contributed by atoms with Crippen molar-refractivity contribution in [3.05, 3.63) is 105 Å². The highest BCUT2D eigenvalue weighted by molar-refractivity contribution is 7.98. The molecule has 0 atom stereocenters. The highest BCUT2D eigenvalue weighted by Crippen LogP contribution is 2.37. The van der Waals surface area contributed by atoms with E-state index in [0.717, 1.165) is 32.3 Å². The number of hydrogen-bond acceptors (Lipinski definition) is 8. The summed E-state index contributed by atoms with van der Waals surface area (Å²) in [6, 6.07) is 19.6. The summed E-state index contributed by atoms with van der Waals surface area (Å²) >= 11 is 4.39. The van der Waals surface area contributed by atoms with Gasteiger partial charge in [-0.05, 0) is 72.0 Å².